The molecule has 8 atom stereocenters. The molecule has 4 spiro atoms. The molecular formula is C40H51N3O8. The predicted molar refractivity (Wildman–Crippen MR) is 186 cm³/mol. The van der Waals surface area contributed by atoms with Gasteiger partial charge >= 0.3 is 0 Å². The number of nitriles is 1. The second-order valence-corrected chi connectivity index (χ2v) is 15.8. The molecule has 12 rings (SSSR count). The van der Waals surface area contributed by atoms with Gasteiger partial charge < -0.3 is 48.5 Å². The third-order valence-electron chi connectivity index (χ3n) is 14.3. The smallest absolute Gasteiger partial charge is 0.206 e. The van der Waals surface area contributed by atoms with Gasteiger partial charge in [0.2, 0.25) is 11.6 Å². The van der Waals surface area contributed by atoms with Crippen LogP contribution in [0.5, 0.6) is 23.0 Å². The van der Waals surface area contributed by atoms with Crippen LogP contribution < -0.4 is 19.5 Å². The van der Waals surface area contributed by atoms with Crippen molar-refractivity contribution in [2.75, 3.05) is 46.6 Å². The molecule has 4 aliphatic carbocycles. The number of methoxy groups -OCH3 is 1. The highest BCUT2D eigenvalue weighted by atomic mass is 16.8. The summed E-state index contributed by atoms with van der Waals surface area (Å²) < 4.78 is 43.3. The van der Waals surface area contributed by atoms with Gasteiger partial charge in [0.1, 0.15) is 0 Å². The lowest BCUT2D eigenvalue weighted by molar-refractivity contribution is -0.260. The van der Waals surface area contributed by atoms with E-state index in [-0.39, 0.29) is 49.7 Å². The summed E-state index contributed by atoms with van der Waals surface area (Å²) in [6.45, 7) is 4.27. The normalized spacial score (nSPS) is 38.1. The zero-order chi connectivity index (χ0) is 32.8. The molecule has 0 radical (unpaired) electrons. The van der Waals surface area contributed by atoms with Gasteiger partial charge in [-0.2, -0.15) is 5.26 Å². The number of phenolic OH excluding ortho intramolecular Hbond substituents is 1. The van der Waals surface area contributed by atoms with Crippen LogP contribution >= 0.6 is 0 Å². The number of rotatable bonds is 1. The second kappa shape index (κ2) is 11.4. The van der Waals surface area contributed by atoms with Gasteiger partial charge in [0.25, 0.3) is 0 Å². The van der Waals surface area contributed by atoms with E-state index in [4.69, 9.17) is 33.2 Å². The van der Waals surface area contributed by atoms with Gasteiger partial charge in [-0.25, -0.2) is 0 Å². The van der Waals surface area contributed by atoms with Crippen molar-refractivity contribution in [2.45, 2.75) is 113 Å². The quantitative estimate of drug-likeness (QED) is 0.403. The molecule has 6 aliphatic heterocycles. The van der Waals surface area contributed by atoms with Gasteiger partial charge in [0, 0.05) is 53.4 Å². The fourth-order valence-corrected chi connectivity index (χ4v) is 12.8. The lowest BCUT2D eigenvalue weighted by Crippen LogP contribution is -2.69. The highest BCUT2D eigenvalue weighted by Gasteiger charge is 2.72. The summed E-state index contributed by atoms with van der Waals surface area (Å²) in [6.07, 6.45) is 9.79. The molecule has 6 unspecified atom stereocenters. The predicted octanol–water partition coefficient (Wildman–Crippen LogP) is 4.69. The van der Waals surface area contributed by atoms with E-state index in [9.17, 15) is 10.4 Å². The topological polar surface area (TPSA) is 124 Å². The molecule has 10 aliphatic rings. The fraction of sp³-hybridized carbons (Fsp3) is 0.675. The minimum atomic E-state index is -0.658. The maximum atomic E-state index is 10.4. The summed E-state index contributed by atoms with van der Waals surface area (Å²) in [5.74, 6) is 2.27. The van der Waals surface area contributed by atoms with Crippen molar-refractivity contribution in [3.05, 3.63) is 46.5 Å². The van der Waals surface area contributed by atoms with E-state index in [2.05, 4.69) is 23.6 Å². The molecule has 4 bridgehead atoms. The standard InChI is InChI=1S/C20H22N2O4.C18H21NO4.2CH4/c1-23-15-3-2-12-10-14-13-4-5-20(24-8-9-25-20)18-19(13,6-7-22(14)11-21)16(12)17(15)26-18;20-13-2-1-10-9-12-11-3-4-18(21-7-8-22-18)16-17(11,5-6-19-12)14(10)15(13)23-16;;/h2-3,13-14,18H,4-10H2,1H3;1-2,11-12,16,19-20H,3-9H2;2*1H4/t13?,14?,18?,19-;11?,12?,16?,17-;;/m00../s1. The molecule has 2 aromatic rings. The summed E-state index contributed by atoms with van der Waals surface area (Å²) in [7, 11) is 1.70. The molecular weight excluding hydrogens is 650 g/mol. The van der Waals surface area contributed by atoms with Crippen LogP contribution in [0.3, 0.4) is 0 Å². The summed E-state index contributed by atoms with van der Waals surface area (Å²) in [4.78, 5) is 1.99. The number of nitrogens with one attached hydrogen (secondary N) is 1. The van der Waals surface area contributed by atoms with Crippen molar-refractivity contribution >= 4 is 0 Å². The van der Waals surface area contributed by atoms with Crippen molar-refractivity contribution in [1.29, 1.82) is 5.26 Å². The maximum Gasteiger partial charge on any atom is 0.206 e. The Hall–Kier alpha value is -3.27. The lowest BCUT2D eigenvalue weighted by Gasteiger charge is -2.59. The molecule has 6 fully saturated rings. The summed E-state index contributed by atoms with van der Waals surface area (Å²) in [5, 5.41) is 23.8. The minimum Gasteiger partial charge on any atom is -0.504 e. The SMILES string of the molecule is C.C.COc1ccc2c3c1OC1C4(CCC5C(C2)N(C#N)CC[C@@]351)OCCO4.Oc1ccc2c3c1OC1C4(CCC5C(C2)NCC[C@@]351)OCCO4. The number of hydrogen-bond donors (Lipinski definition) is 2. The highest BCUT2D eigenvalue weighted by molar-refractivity contribution is 5.62. The Morgan fingerprint density at radius 2 is 1.41 bits per heavy atom. The monoisotopic (exact) mass is 701 g/mol. The summed E-state index contributed by atoms with van der Waals surface area (Å²) >= 11 is 0. The number of benzene rings is 2. The van der Waals surface area contributed by atoms with E-state index in [1.807, 2.05) is 11.0 Å². The number of fused-ring (bicyclic) bond motifs is 2. The van der Waals surface area contributed by atoms with E-state index in [1.165, 1.54) is 22.3 Å². The first kappa shape index (κ1) is 33.6. The molecule has 274 valence electrons. The van der Waals surface area contributed by atoms with Crippen LogP contribution in [0.2, 0.25) is 0 Å². The maximum absolute atomic E-state index is 10.4. The van der Waals surface area contributed by atoms with Gasteiger partial charge in [0.15, 0.2) is 41.4 Å². The van der Waals surface area contributed by atoms with E-state index in [0.717, 1.165) is 76.0 Å². The van der Waals surface area contributed by atoms with E-state index in [1.54, 1.807) is 13.2 Å². The molecule has 2 aromatic carbocycles. The van der Waals surface area contributed by atoms with Crippen molar-refractivity contribution in [3.8, 4) is 29.2 Å². The number of aromatic hydroxyl groups is 1. The minimum absolute atomic E-state index is 0. The number of piperidine rings is 2. The average molecular weight is 702 g/mol. The van der Waals surface area contributed by atoms with Crippen LogP contribution in [-0.4, -0.2) is 92.5 Å². The van der Waals surface area contributed by atoms with Gasteiger partial charge in [-0.05, 0) is 80.2 Å². The third kappa shape index (κ3) is 3.96. The first-order valence-electron chi connectivity index (χ1n) is 18.3. The Morgan fingerprint density at radius 3 is 2.10 bits per heavy atom. The summed E-state index contributed by atoms with van der Waals surface area (Å²) in [5.41, 5.74) is 4.96. The first-order chi connectivity index (χ1) is 24.0. The van der Waals surface area contributed by atoms with Crippen LogP contribution in [-0.2, 0) is 42.6 Å². The van der Waals surface area contributed by atoms with E-state index in [0.29, 0.717) is 50.1 Å². The van der Waals surface area contributed by atoms with Crippen molar-refractivity contribution < 1.29 is 38.3 Å². The molecule has 0 aromatic heterocycles. The molecule has 11 nitrogen and oxygen atoms in total. The molecule has 2 N–H and O–H groups in total. The summed E-state index contributed by atoms with van der Waals surface area (Å²) in [6, 6.07) is 8.75. The molecule has 2 saturated carbocycles. The van der Waals surface area contributed by atoms with E-state index < -0.39 is 11.6 Å². The van der Waals surface area contributed by atoms with Crippen molar-refractivity contribution in [2.24, 2.45) is 11.8 Å². The third-order valence-corrected chi connectivity index (χ3v) is 14.3. The number of likely N-dealkylation sites (tertiary alicyclic amines) is 1. The number of nitrogens with zero attached hydrogens (tertiary/aromatic N) is 2. The Balaban J connectivity index is 0.000000132. The molecule has 0 amide bonds. The average Bonchev–Trinajstić information content (AvgIpc) is 3.92. The Kier molecular flexibility index (Phi) is 7.48. The van der Waals surface area contributed by atoms with Crippen LogP contribution in [0.4, 0.5) is 0 Å². The Labute approximate surface area is 300 Å². The molecule has 6 heterocycles. The van der Waals surface area contributed by atoms with Crippen LogP contribution in [0.1, 0.15) is 75.6 Å². The van der Waals surface area contributed by atoms with Crippen LogP contribution in [0.15, 0.2) is 24.3 Å². The Bertz CT molecular complexity index is 1780. The fourth-order valence-electron chi connectivity index (χ4n) is 12.8. The Morgan fingerprint density at radius 1 is 0.804 bits per heavy atom. The highest BCUT2D eigenvalue weighted by Crippen LogP contribution is 2.67. The van der Waals surface area contributed by atoms with Crippen LogP contribution in [0.25, 0.3) is 0 Å². The van der Waals surface area contributed by atoms with Gasteiger partial charge in [-0.1, -0.05) is 27.0 Å². The molecule has 4 saturated heterocycles. The zero-order valence-electron chi connectivity index (χ0n) is 27.9. The van der Waals surface area contributed by atoms with Crippen molar-refractivity contribution in [1.82, 2.24) is 10.2 Å². The van der Waals surface area contributed by atoms with Crippen molar-refractivity contribution in [3.63, 3.8) is 0 Å². The lowest BCUT2D eigenvalue weighted by atomic mass is 9.50. The van der Waals surface area contributed by atoms with Gasteiger partial charge in [-0.3, -0.25) is 0 Å². The van der Waals surface area contributed by atoms with Gasteiger partial charge in [0.05, 0.1) is 33.5 Å². The van der Waals surface area contributed by atoms with Crippen LogP contribution in [0, 0.1) is 23.3 Å². The molecule has 11 heteroatoms. The number of hydrogen-bond acceptors (Lipinski definition) is 11. The van der Waals surface area contributed by atoms with E-state index >= 15 is 0 Å². The van der Waals surface area contributed by atoms with Gasteiger partial charge in [-0.15, -0.1) is 0 Å². The number of ether oxygens (including phenoxy) is 7. The second-order valence-electron chi connectivity index (χ2n) is 15.8. The zero-order valence-corrected chi connectivity index (χ0v) is 27.9. The largest absolute Gasteiger partial charge is 0.504 e. The number of phenols is 1. The molecule has 51 heavy (non-hydrogen) atoms. The first-order valence-corrected chi connectivity index (χ1v) is 18.3.